The quantitative estimate of drug-likeness (QED) is 0.372. The van der Waals surface area contributed by atoms with Gasteiger partial charge in [0.05, 0.1) is 24.3 Å². The van der Waals surface area contributed by atoms with Crippen molar-refractivity contribution >= 4 is 21.9 Å². The van der Waals surface area contributed by atoms with Crippen LogP contribution in [0.1, 0.15) is 0 Å². The average molecular weight is 380 g/mol. The fourth-order valence-corrected chi connectivity index (χ4v) is 3.07. The zero-order valence-corrected chi connectivity index (χ0v) is 13.7. The number of aliphatic hydroxyl groups is 4. The lowest BCUT2D eigenvalue weighted by atomic mass is 9.99. The molecule has 0 amide bonds. The summed E-state index contributed by atoms with van der Waals surface area (Å²) >= 11 is 0. The Morgan fingerprint density at radius 3 is 2.59 bits per heavy atom. The molecule has 10 heteroatoms. The predicted octanol–water partition coefficient (Wildman–Crippen LogP) is -0.576. The molecule has 1 aliphatic heterocycles. The van der Waals surface area contributed by atoms with Crippen LogP contribution in [0.5, 0.6) is 11.5 Å². The van der Waals surface area contributed by atoms with Crippen LogP contribution in [0.2, 0.25) is 0 Å². The zero-order valence-electron chi connectivity index (χ0n) is 13.7. The molecule has 0 aliphatic carbocycles. The van der Waals surface area contributed by atoms with Gasteiger partial charge >= 0.3 is 5.63 Å². The smallest absolute Gasteiger partial charge is 0.340 e. The van der Waals surface area contributed by atoms with Crippen molar-refractivity contribution in [2.45, 2.75) is 30.7 Å². The first kappa shape index (κ1) is 17.8. The van der Waals surface area contributed by atoms with Gasteiger partial charge in [-0.1, -0.05) is 0 Å². The van der Waals surface area contributed by atoms with Crippen molar-refractivity contribution in [2.24, 2.45) is 0 Å². The molecule has 10 nitrogen and oxygen atoms in total. The number of fused-ring (bicyclic) bond motifs is 2. The Hall–Kier alpha value is -2.63. The lowest BCUT2D eigenvalue weighted by Gasteiger charge is -2.39. The molecule has 1 saturated heterocycles. The van der Waals surface area contributed by atoms with E-state index in [4.69, 9.17) is 18.3 Å². The Morgan fingerprint density at radius 2 is 1.85 bits per heavy atom. The molecule has 2 aromatic heterocycles. The summed E-state index contributed by atoms with van der Waals surface area (Å²) in [5.41, 5.74) is -0.913. The SMILES string of the molecule is O=c1cc(O[C@@H]2O[C@H](CO)[C@@H](O)[C@H](O)[C@H]2O)c2cc3ccoc3c(O)c2o1. The van der Waals surface area contributed by atoms with Gasteiger partial charge in [0, 0.05) is 5.39 Å². The van der Waals surface area contributed by atoms with E-state index in [1.165, 1.54) is 12.3 Å². The van der Waals surface area contributed by atoms with Gasteiger partial charge in [-0.25, -0.2) is 4.79 Å². The molecule has 0 saturated carbocycles. The van der Waals surface area contributed by atoms with Gasteiger partial charge in [0.25, 0.3) is 0 Å². The van der Waals surface area contributed by atoms with Gasteiger partial charge in [-0.15, -0.1) is 0 Å². The molecule has 144 valence electrons. The Morgan fingerprint density at radius 1 is 1.07 bits per heavy atom. The minimum Gasteiger partial charge on any atom is -0.502 e. The average Bonchev–Trinajstić information content (AvgIpc) is 3.12. The maximum absolute atomic E-state index is 11.9. The third kappa shape index (κ3) is 2.83. The summed E-state index contributed by atoms with van der Waals surface area (Å²) in [6.45, 7) is -0.626. The van der Waals surface area contributed by atoms with Crippen LogP contribution in [0.4, 0.5) is 0 Å². The molecule has 27 heavy (non-hydrogen) atoms. The van der Waals surface area contributed by atoms with Crippen molar-refractivity contribution in [1.82, 2.24) is 0 Å². The summed E-state index contributed by atoms with van der Waals surface area (Å²) in [5, 5.41) is 50.1. The van der Waals surface area contributed by atoms with Gasteiger partial charge in [0.2, 0.25) is 12.0 Å². The van der Waals surface area contributed by atoms with E-state index < -0.39 is 48.7 Å². The van der Waals surface area contributed by atoms with Crippen LogP contribution >= 0.6 is 0 Å². The van der Waals surface area contributed by atoms with Crippen LogP contribution < -0.4 is 10.4 Å². The topological polar surface area (TPSA) is 163 Å². The molecule has 3 heterocycles. The second-order valence-electron chi connectivity index (χ2n) is 6.19. The number of rotatable bonds is 3. The van der Waals surface area contributed by atoms with Crippen molar-refractivity contribution in [3.8, 4) is 11.5 Å². The van der Waals surface area contributed by atoms with Crippen molar-refractivity contribution < 1.29 is 43.8 Å². The highest BCUT2D eigenvalue weighted by Crippen LogP contribution is 2.38. The Kier molecular flexibility index (Phi) is 4.29. The summed E-state index contributed by atoms with van der Waals surface area (Å²) in [6, 6.07) is 4.10. The van der Waals surface area contributed by atoms with Gasteiger partial charge in [0.15, 0.2) is 11.2 Å². The van der Waals surface area contributed by atoms with E-state index in [2.05, 4.69) is 0 Å². The van der Waals surface area contributed by atoms with Crippen molar-refractivity contribution in [1.29, 1.82) is 0 Å². The lowest BCUT2D eigenvalue weighted by Crippen LogP contribution is -2.60. The molecule has 4 rings (SSSR count). The number of ether oxygens (including phenoxy) is 2. The van der Waals surface area contributed by atoms with Crippen LogP contribution in [-0.2, 0) is 4.74 Å². The molecule has 0 unspecified atom stereocenters. The molecule has 3 aromatic rings. The van der Waals surface area contributed by atoms with E-state index in [1.807, 2.05) is 0 Å². The fourth-order valence-electron chi connectivity index (χ4n) is 3.07. The molecule has 1 aliphatic rings. The third-order valence-electron chi connectivity index (χ3n) is 4.48. The number of hydrogen-bond acceptors (Lipinski definition) is 10. The Bertz CT molecular complexity index is 1040. The minimum atomic E-state index is -1.66. The van der Waals surface area contributed by atoms with Crippen LogP contribution in [0, 0.1) is 0 Å². The summed E-state index contributed by atoms with van der Waals surface area (Å²) in [7, 11) is 0. The molecular formula is C17H16O10. The van der Waals surface area contributed by atoms with E-state index in [1.54, 1.807) is 6.07 Å². The van der Waals surface area contributed by atoms with E-state index in [9.17, 15) is 30.3 Å². The minimum absolute atomic E-state index is 0.0935. The lowest BCUT2D eigenvalue weighted by molar-refractivity contribution is -0.277. The van der Waals surface area contributed by atoms with Gasteiger partial charge in [-0.05, 0) is 12.1 Å². The Labute approximate surface area is 150 Å². The van der Waals surface area contributed by atoms with Crippen molar-refractivity contribution in [3.63, 3.8) is 0 Å². The fraction of sp³-hybridized carbons (Fsp3) is 0.353. The molecule has 5 N–H and O–H groups in total. The summed E-state index contributed by atoms with van der Waals surface area (Å²) in [5.74, 6) is -0.493. The number of phenols is 1. The largest absolute Gasteiger partial charge is 0.502 e. The van der Waals surface area contributed by atoms with E-state index in [-0.39, 0.29) is 22.3 Å². The first-order valence-electron chi connectivity index (χ1n) is 8.05. The number of furan rings is 1. The van der Waals surface area contributed by atoms with E-state index >= 15 is 0 Å². The molecule has 1 aromatic carbocycles. The second-order valence-corrected chi connectivity index (χ2v) is 6.19. The van der Waals surface area contributed by atoms with E-state index in [0.29, 0.717) is 5.39 Å². The van der Waals surface area contributed by atoms with Gasteiger partial charge in [-0.2, -0.15) is 0 Å². The highest BCUT2D eigenvalue weighted by molar-refractivity contribution is 6.02. The number of aliphatic hydroxyl groups excluding tert-OH is 4. The summed E-state index contributed by atoms with van der Waals surface area (Å²) < 4.78 is 21.0. The van der Waals surface area contributed by atoms with Crippen LogP contribution in [0.15, 0.2) is 38.1 Å². The normalized spacial score (nSPS) is 28.7. The second kappa shape index (κ2) is 6.51. The van der Waals surface area contributed by atoms with Crippen LogP contribution in [0.3, 0.4) is 0 Å². The Balaban J connectivity index is 1.79. The van der Waals surface area contributed by atoms with Crippen LogP contribution in [-0.4, -0.2) is 62.8 Å². The highest BCUT2D eigenvalue weighted by atomic mass is 16.7. The van der Waals surface area contributed by atoms with E-state index in [0.717, 1.165) is 6.07 Å². The first-order chi connectivity index (χ1) is 12.9. The molecule has 0 radical (unpaired) electrons. The van der Waals surface area contributed by atoms with Gasteiger partial charge in [-0.3, -0.25) is 0 Å². The maximum Gasteiger partial charge on any atom is 0.340 e. The molecule has 5 atom stereocenters. The molecule has 0 bridgehead atoms. The zero-order chi connectivity index (χ0) is 19.3. The van der Waals surface area contributed by atoms with Gasteiger partial charge in [0.1, 0.15) is 30.2 Å². The van der Waals surface area contributed by atoms with Crippen LogP contribution in [0.25, 0.3) is 21.9 Å². The number of hydrogen-bond donors (Lipinski definition) is 5. The summed E-state index contributed by atoms with van der Waals surface area (Å²) in [6.07, 6.45) is -6.16. The molecule has 1 fully saturated rings. The first-order valence-corrected chi connectivity index (χ1v) is 8.05. The monoisotopic (exact) mass is 380 g/mol. The number of aromatic hydroxyl groups is 1. The highest BCUT2D eigenvalue weighted by Gasteiger charge is 2.45. The third-order valence-corrected chi connectivity index (χ3v) is 4.48. The molecule has 0 spiro atoms. The van der Waals surface area contributed by atoms with Crippen molar-refractivity contribution in [3.05, 3.63) is 34.9 Å². The number of phenolic OH excluding ortho intramolecular Hbond substituents is 1. The molecular weight excluding hydrogens is 364 g/mol. The maximum atomic E-state index is 11.9. The van der Waals surface area contributed by atoms with Crippen molar-refractivity contribution in [2.75, 3.05) is 6.61 Å². The number of benzene rings is 1. The summed E-state index contributed by atoms with van der Waals surface area (Å²) in [4.78, 5) is 11.9. The standard InChI is InChI=1S/C17H16O10/c18-5-9-11(20)12(21)13(22)17(26-9)25-8-4-10(19)27-16-7(8)3-6-1-2-24-15(6)14(16)23/h1-4,9,11-13,17-18,20-23H,5H2/t9-,11-,12+,13-,17-/m1/s1. The van der Waals surface area contributed by atoms with Gasteiger partial charge < -0.3 is 43.8 Å². The predicted molar refractivity (Wildman–Crippen MR) is 88.3 cm³/mol.